The molecule has 6 nitrogen and oxygen atoms in total. The fourth-order valence-electron chi connectivity index (χ4n) is 0.914. The van der Waals surface area contributed by atoms with Crippen molar-refractivity contribution in [3.05, 3.63) is 48.2 Å². The van der Waals surface area contributed by atoms with E-state index in [-0.39, 0.29) is 11.5 Å². The Morgan fingerprint density at radius 1 is 0.889 bits per heavy atom. The van der Waals surface area contributed by atoms with Gasteiger partial charge in [0.1, 0.15) is 11.5 Å². The van der Waals surface area contributed by atoms with E-state index < -0.39 is 20.2 Å². The molecule has 0 heterocycles. The van der Waals surface area contributed by atoms with Crippen molar-refractivity contribution < 1.29 is 25.2 Å². The van der Waals surface area contributed by atoms with Gasteiger partial charge in [-0.05, 0) is 12.1 Å². The van der Waals surface area contributed by atoms with E-state index in [9.17, 15) is 16.8 Å². The molecule has 0 aliphatic carbocycles. The number of rotatable bonds is 6. The normalized spacial score (nSPS) is 11.6. The van der Waals surface area contributed by atoms with E-state index in [0.717, 1.165) is 6.07 Å². The van der Waals surface area contributed by atoms with Gasteiger partial charge >= 0.3 is 20.2 Å². The van der Waals surface area contributed by atoms with Crippen LogP contribution in [0.1, 0.15) is 0 Å². The van der Waals surface area contributed by atoms with Crippen LogP contribution in [-0.2, 0) is 20.2 Å². The van der Waals surface area contributed by atoms with Crippen LogP contribution in [0, 0.1) is 0 Å². The molecular weight excluding hydrogens is 280 g/mol. The molecule has 0 atom stereocenters. The topological polar surface area (TPSA) is 86.7 Å². The molecule has 0 saturated carbocycles. The highest BCUT2D eigenvalue weighted by Crippen LogP contribution is 2.22. The van der Waals surface area contributed by atoms with E-state index in [2.05, 4.69) is 21.5 Å². The van der Waals surface area contributed by atoms with E-state index in [1.165, 1.54) is 18.2 Å². The second-order valence-corrected chi connectivity index (χ2v) is 5.93. The predicted octanol–water partition coefficient (Wildman–Crippen LogP) is 1.39. The highest BCUT2D eigenvalue weighted by Gasteiger charge is 2.10. The van der Waals surface area contributed by atoms with E-state index in [4.69, 9.17) is 0 Å². The molecule has 8 heteroatoms. The van der Waals surface area contributed by atoms with Crippen molar-refractivity contribution >= 4 is 20.2 Å². The lowest BCUT2D eigenvalue weighted by atomic mass is 10.3. The summed E-state index contributed by atoms with van der Waals surface area (Å²) in [7, 11) is -7.80. The lowest BCUT2D eigenvalue weighted by molar-refractivity contribution is 0.487. The minimum absolute atomic E-state index is 0.0911. The van der Waals surface area contributed by atoms with Gasteiger partial charge < -0.3 is 8.37 Å². The predicted molar refractivity (Wildman–Crippen MR) is 65.9 cm³/mol. The molecule has 0 fully saturated rings. The second-order valence-electron chi connectivity index (χ2n) is 2.96. The Morgan fingerprint density at radius 3 is 1.61 bits per heavy atom. The van der Waals surface area contributed by atoms with Crippen LogP contribution in [0.2, 0.25) is 0 Å². The molecule has 0 aromatic heterocycles. The van der Waals surface area contributed by atoms with Crippen LogP contribution in [0.5, 0.6) is 11.5 Å². The molecule has 0 aliphatic rings. The minimum Gasteiger partial charge on any atom is -0.379 e. The standard InChI is InChI=1S/C10H10O6S2/c1-3-17(11,12)15-9-6-5-7-10(8-9)16-18(13,14)4-2/h3-8H,1-2H2. The van der Waals surface area contributed by atoms with Crippen LogP contribution in [0.4, 0.5) is 0 Å². The molecular formula is C10H10O6S2. The fraction of sp³-hybridized carbons (Fsp3) is 0. The fourth-order valence-corrected chi connectivity index (χ4v) is 1.79. The van der Waals surface area contributed by atoms with E-state index in [1.807, 2.05) is 0 Å². The van der Waals surface area contributed by atoms with Crippen LogP contribution in [0.25, 0.3) is 0 Å². The third kappa shape index (κ3) is 4.22. The van der Waals surface area contributed by atoms with Crippen molar-refractivity contribution in [2.75, 3.05) is 0 Å². The lowest BCUT2D eigenvalue weighted by Gasteiger charge is -2.06. The molecule has 18 heavy (non-hydrogen) atoms. The Hall–Kier alpha value is -1.80. The molecule has 0 amide bonds. The molecule has 0 aliphatic heterocycles. The molecule has 0 unspecified atom stereocenters. The summed E-state index contributed by atoms with van der Waals surface area (Å²) in [5.74, 6) is -0.182. The Bertz CT molecular complexity index is 602. The summed E-state index contributed by atoms with van der Waals surface area (Å²) in [6, 6.07) is 5.15. The molecule has 0 bridgehead atoms. The number of hydrogen-bond donors (Lipinski definition) is 0. The monoisotopic (exact) mass is 290 g/mol. The number of hydrogen-bond acceptors (Lipinski definition) is 6. The first-order chi connectivity index (χ1) is 8.28. The van der Waals surface area contributed by atoms with Gasteiger partial charge in [-0.25, -0.2) is 0 Å². The van der Waals surface area contributed by atoms with Gasteiger partial charge in [0.15, 0.2) is 0 Å². The van der Waals surface area contributed by atoms with Crippen molar-refractivity contribution in [1.82, 2.24) is 0 Å². The Kier molecular flexibility index (Phi) is 4.15. The zero-order valence-electron chi connectivity index (χ0n) is 9.14. The van der Waals surface area contributed by atoms with Gasteiger partial charge in [-0.15, -0.1) is 0 Å². The average molecular weight is 290 g/mol. The molecule has 1 aromatic carbocycles. The largest absolute Gasteiger partial charge is 0.379 e. The van der Waals surface area contributed by atoms with Crippen LogP contribution in [-0.4, -0.2) is 16.8 Å². The Balaban J connectivity index is 3.00. The molecule has 1 rings (SSSR count). The van der Waals surface area contributed by atoms with Gasteiger partial charge in [0.05, 0.1) is 10.8 Å². The summed E-state index contributed by atoms with van der Waals surface area (Å²) < 4.78 is 53.6. The van der Waals surface area contributed by atoms with Crippen LogP contribution in [0.3, 0.4) is 0 Å². The van der Waals surface area contributed by atoms with E-state index in [0.29, 0.717) is 10.8 Å². The van der Waals surface area contributed by atoms with Gasteiger partial charge in [0.2, 0.25) is 0 Å². The average Bonchev–Trinajstić information content (AvgIpc) is 2.28. The quantitative estimate of drug-likeness (QED) is 0.736. The van der Waals surface area contributed by atoms with Gasteiger partial charge in [0, 0.05) is 6.07 Å². The third-order valence-corrected chi connectivity index (χ3v) is 3.30. The van der Waals surface area contributed by atoms with Crippen molar-refractivity contribution in [2.24, 2.45) is 0 Å². The Morgan fingerprint density at radius 2 is 1.28 bits per heavy atom. The summed E-state index contributed by atoms with van der Waals surface area (Å²) in [6.45, 7) is 6.14. The van der Waals surface area contributed by atoms with Crippen LogP contribution < -0.4 is 8.37 Å². The highest BCUT2D eigenvalue weighted by molar-refractivity contribution is 7.90. The SMILES string of the molecule is C=CS(=O)(=O)Oc1cccc(OS(=O)(=O)C=C)c1. The maximum atomic E-state index is 11.1. The van der Waals surface area contributed by atoms with E-state index in [1.54, 1.807) is 0 Å². The minimum atomic E-state index is -3.90. The first kappa shape index (κ1) is 14.3. The molecule has 98 valence electrons. The van der Waals surface area contributed by atoms with Gasteiger partial charge in [-0.3, -0.25) is 0 Å². The highest BCUT2D eigenvalue weighted by atomic mass is 32.2. The molecule has 0 saturated heterocycles. The molecule has 0 spiro atoms. The first-order valence-corrected chi connectivity index (χ1v) is 7.46. The summed E-state index contributed by atoms with van der Waals surface area (Å²) in [4.78, 5) is 0. The molecule has 0 N–H and O–H groups in total. The molecule has 0 radical (unpaired) electrons. The Labute approximate surface area is 105 Å². The lowest BCUT2D eigenvalue weighted by Crippen LogP contribution is -2.06. The van der Waals surface area contributed by atoms with Crippen molar-refractivity contribution in [1.29, 1.82) is 0 Å². The van der Waals surface area contributed by atoms with Gasteiger partial charge in [0.25, 0.3) is 0 Å². The van der Waals surface area contributed by atoms with Crippen LogP contribution in [0.15, 0.2) is 48.2 Å². The molecule has 1 aromatic rings. The zero-order valence-corrected chi connectivity index (χ0v) is 10.8. The second kappa shape index (κ2) is 5.23. The summed E-state index contributed by atoms with van der Waals surface area (Å²) in [5.41, 5.74) is 0. The summed E-state index contributed by atoms with van der Waals surface area (Å²) in [6.07, 6.45) is 0. The van der Waals surface area contributed by atoms with Crippen molar-refractivity contribution in [3.8, 4) is 11.5 Å². The number of benzene rings is 1. The third-order valence-electron chi connectivity index (χ3n) is 1.64. The van der Waals surface area contributed by atoms with E-state index >= 15 is 0 Å². The van der Waals surface area contributed by atoms with Crippen molar-refractivity contribution in [3.63, 3.8) is 0 Å². The maximum absolute atomic E-state index is 11.1. The summed E-state index contributed by atoms with van der Waals surface area (Å²) in [5, 5.41) is 1.25. The summed E-state index contributed by atoms with van der Waals surface area (Å²) >= 11 is 0. The first-order valence-electron chi connectivity index (χ1n) is 4.52. The van der Waals surface area contributed by atoms with Crippen LogP contribution >= 0.6 is 0 Å². The van der Waals surface area contributed by atoms with Crippen molar-refractivity contribution in [2.45, 2.75) is 0 Å². The van der Waals surface area contributed by atoms with Gasteiger partial charge in [-0.1, -0.05) is 19.2 Å². The smallest absolute Gasteiger partial charge is 0.331 e. The maximum Gasteiger partial charge on any atom is 0.331 e. The zero-order chi connectivity index (χ0) is 13.8. The van der Waals surface area contributed by atoms with Gasteiger partial charge in [-0.2, -0.15) is 16.8 Å².